The fourth-order valence-electron chi connectivity index (χ4n) is 2.78. The summed E-state index contributed by atoms with van der Waals surface area (Å²) >= 11 is 0. The van der Waals surface area contributed by atoms with Crippen LogP contribution in [0.25, 0.3) is 0 Å². The number of anilines is 1. The third-order valence-corrected chi connectivity index (χ3v) is 4.37. The molecule has 0 aliphatic heterocycles. The van der Waals surface area contributed by atoms with E-state index >= 15 is 0 Å². The fraction of sp³-hybridized carbons (Fsp3) is 0.409. The Morgan fingerprint density at radius 3 is 2.48 bits per heavy atom. The van der Waals surface area contributed by atoms with E-state index in [1.165, 1.54) is 11.1 Å². The third kappa shape index (κ3) is 5.63. The molecule has 2 aromatic carbocycles. The summed E-state index contributed by atoms with van der Waals surface area (Å²) in [6.07, 6.45) is 2.07. The lowest BCUT2D eigenvalue weighted by atomic mass is 10.0. The number of carbonyl (C=O) groups excluding carboxylic acids is 1. The summed E-state index contributed by atoms with van der Waals surface area (Å²) in [4.78, 5) is 12.2. The SMILES string of the molecule is CCc1cccc(C)c1NC(=O)CCCOc1ccc(C(C)C)cc1. The lowest BCUT2D eigenvalue weighted by Gasteiger charge is -2.13. The molecule has 1 amide bonds. The summed E-state index contributed by atoms with van der Waals surface area (Å²) in [5.74, 6) is 1.42. The Morgan fingerprint density at radius 1 is 1.12 bits per heavy atom. The highest BCUT2D eigenvalue weighted by Gasteiger charge is 2.08. The van der Waals surface area contributed by atoms with Crippen molar-refractivity contribution in [3.63, 3.8) is 0 Å². The van der Waals surface area contributed by atoms with Gasteiger partial charge in [-0.15, -0.1) is 0 Å². The van der Waals surface area contributed by atoms with Crippen LogP contribution in [0.1, 0.15) is 56.2 Å². The summed E-state index contributed by atoms with van der Waals surface area (Å²) in [6.45, 7) is 9.02. The van der Waals surface area contributed by atoms with E-state index in [2.05, 4.69) is 44.3 Å². The maximum absolute atomic E-state index is 12.2. The molecule has 1 N–H and O–H groups in total. The van der Waals surface area contributed by atoms with E-state index in [4.69, 9.17) is 4.74 Å². The number of ether oxygens (including phenoxy) is 1. The average Bonchev–Trinajstić information content (AvgIpc) is 2.61. The van der Waals surface area contributed by atoms with Crippen LogP contribution in [0.4, 0.5) is 5.69 Å². The molecule has 25 heavy (non-hydrogen) atoms. The van der Waals surface area contributed by atoms with E-state index in [0.29, 0.717) is 25.4 Å². The van der Waals surface area contributed by atoms with E-state index in [-0.39, 0.29) is 5.91 Å². The van der Waals surface area contributed by atoms with Crippen molar-refractivity contribution in [1.82, 2.24) is 0 Å². The number of rotatable bonds is 8. The van der Waals surface area contributed by atoms with Gasteiger partial charge in [-0.2, -0.15) is 0 Å². The summed E-state index contributed by atoms with van der Waals surface area (Å²) in [5, 5.41) is 3.05. The van der Waals surface area contributed by atoms with Crippen LogP contribution in [0, 0.1) is 6.92 Å². The van der Waals surface area contributed by atoms with Crippen LogP contribution in [0.3, 0.4) is 0 Å². The number of amides is 1. The van der Waals surface area contributed by atoms with Crippen LogP contribution in [-0.2, 0) is 11.2 Å². The first-order chi connectivity index (χ1) is 12.0. The Bertz CT molecular complexity index is 690. The van der Waals surface area contributed by atoms with Gasteiger partial charge >= 0.3 is 0 Å². The Labute approximate surface area is 151 Å². The molecule has 134 valence electrons. The molecule has 3 nitrogen and oxygen atoms in total. The number of para-hydroxylation sites is 1. The van der Waals surface area contributed by atoms with Crippen molar-refractivity contribution in [2.75, 3.05) is 11.9 Å². The van der Waals surface area contributed by atoms with Crippen molar-refractivity contribution in [2.24, 2.45) is 0 Å². The van der Waals surface area contributed by atoms with Gasteiger partial charge in [-0.3, -0.25) is 4.79 Å². The second-order valence-electron chi connectivity index (χ2n) is 6.69. The van der Waals surface area contributed by atoms with Crippen molar-refractivity contribution in [3.8, 4) is 5.75 Å². The molecule has 2 aromatic rings. The van der Waals surface area contributed by atoms with Crippen LogP contribution < -0.4 is 10.1 Å². The Balaban J connectivity index is 1.77. The minimum Gasteiger partial charge on any atom is -0.494 e. The predicted molar refractivity (Wildman–Crippen MR) is 104 cm³/mol. The number of carbonyl (C=O) groups is 1. The van der Waals surface area contributed by atoms with E-state index in [0.717, 1.165) is 23.4 Å². The molecular formula is C22H29NO2. The van der Waals surface area contributed by atoms with Gasteiger partial charge in [0.15, 0.2) is 0 Å². The second kappa shape index (κ2) is 9.26. The molecule has 0 aromatic heterocycles. The monoisotopic (exact) mass is 339 g/mol. The maximum atomic E-state index is 12.2. The minimum atomic E-state index is 0.0442. The van der Waals surface area contributed by atoms with Crippen LogP contribution in [-0.4, -0.2) is 12.5 Å². The summed E-state index contributed by atoms with van der Waals surface area (Å²) in [6, 6.07) is 14.3. The van der Waals surface area contributed by atoms with Gasteiger partial charge < -0.3 is 10.1 Å². The van der Waals surface area contributed by atoms with Gasteiger partial charge in [-0.05, 0) is 54.5 Å². The summed E-state index contributed by atoms with van der Waals surface area (Å²) in [7, 11) is 0. The number of hydrogen-bond donors (Lipinski definition) is 1. The first-order valence-electron chi connectivity index (χ1n) is 9.12. The number of aryl methyl sites for hydroxylation is 2. The zero-order chi connectivity index (χ0) is 18.2. The van der Waals surface area contributed by atoms with Gasteiger partial charge in [0.1, 0.15) is 5.75 Å². The highest BCUT2D eigenvalue weighted by atomic mass is 16.5. The Kier molecular flexibility index (Phi) is 7.05. The molecule has 0 aliphatic carbocycles. The van der Waals surface area contributed by atoms with Gasteiger partial charge in [0.25, 0.3) is 0 Å². The smallest absolute Gasteiger partial charge is 0.224 e. The fourth-order valence-corrected chi connectivity index (χ4v) is 2.78. The quantitative estimate of drug-likeness (QED) is 0.647. The third-order valence-electron chi connectivity index (χ3n) is 4.37. The molecule has 0 aliphatic rings. The van der Waals surface area contributed by atoms with E-state index in [1.54, 1.807) is 0 Å². The molecule has 0 unspecified atom stereocenters. The number of nitrogens with one attached hydrogen (secondary N) is 1. The Hall–Kier alpha value is -2.29. The molecule has 0 radical (unpaired) electrons. The van der Waals surface area contributed by atoms with Crippen molar-refractivity contribution >= 4 is 11.6 Å². The van der Waals surface area contributed by atoms with Crippen LogP contribution in [0.2, 0.25) is 0 Å². The average molecular weight is 339 g/mol. The van der Waals surface area contributed by atoms with E-state index in [1.807, 2.05) is 31.2 Å². The molecular weight excluding hydrogens is 310 g/mol. The van der Waals surface area contributed by atoms with E-state index < -0.39 is 0 Å². The lowest BCUT2D eigenvalue weighted by molar-refractivity contribution is -0.116. The van der Waals surface area contributed by atoms with Gasteiger partial charge in [0.2, 0.25) is 5.91 Å². The standard InChI is InChI=1S/C22H29NO2/c1-5-18-9-6-8-17(4)22(18)23-21(24)10-7-15-25-20-13-11-19(12-14-20)16(2)3/h6,8-9,11-14,16H,5,7,10,15H2,1-4H3,(H,23,24). The number of hydrogen-bond acceptors (Lipinski definition) is 2. The molecule has 0 spiro atoms. The van der Waals surface area contributed by atoms with Crippen LogP contribution in [0.15, 0.2) is 42.5 Å². The molecule has 0 heterocycles. The first kappa shape index (κ1) is 19.0. The molecule has 0 atom stereocenters. The van der Waals surface area contributed by atoms with Crippen LogP contribution >= 0.6 is 0 Å². The topological polar surface area (TPSA) is 38.3 Å². The van der Waals surface area contributed by atoms with Crippen LogP contribution in [0.5, 0.6) is 5.75 Å². The maximum Gasteiger partial charge on any atom is 0.224 e. The zero-order valence-electron chi connectivity index (χ0n) is 15.8. The van der Waals surface area contributed by atoms with Crippen molar-refractivity contribution in [3.05, 3.63) is 59.2 Å². The molecule has 0 saturated carbocycles. The second-order valence-corrected chi connectivity index (χ2v) is 6.69. The molecule has 0 saturated heterocycles. The van der Waals surface area contributed by atoms with E-state index in [9.17, 15) is 4.79 Å². The van der Waals surface area contributed by atoms with Gasteiger partial charge in [0.05, 0.1) is 6.61 Å². The largest absolute Gasteiger partial charge is 0.494 e. The highest BCUT2D eigenvalue weighted by Crippen LogP contribution is 2.21. The Morgan fingerprint density at radius 2 is 1.84 bits per heavy atom. The zero-order valence-corrected chi connectivity index (χ0v) is 15.8. The highest BCUT2D eigenvalue weighted by molar-refractivity contribution is 5.92. The predicted octanol–water partition coefficient (Wildman–Crippen LogP) is 5.48. The summed E-state index contributed by atoms with van der Waals surface area (Å²) < 4.78 is 5.73. The molecule has 0 fully saturated rings. The van der Waals surface area contributed by atoms with Gasteiger partial charge in [-0.1, -0.05) is 51.1 Å². The van der Waals surface area contributed by atoms with Gasteiger partial charge in [0, 0.05) is 12.1 Å². The van der Waals surface area contributed by atoms with Crippen molar-refractivity contribution in [1.29, 1.82) is 0 Å². The summed E-state index contributed by atoms with van der Waals surface area (Å²) in [5.41, 5.74) is 4.54. The van der Waals surface area contributed by atoms with Gasteiger partial charge in [-0.25, -0.2) is 0 Å². The number of benzene rings is 2. The minimum absolute atomic E-state index is 0.0442. The first-order valence-corrected chi connectivity index (χ1v) is 9.12. The van der Waals surface area contributed by atoms with Crippen molar-refractivity contribution < 1.29 is 9.53 Å². The van der Waals surface area contributed by atoms with Crippen molar-refractivity contribution in [2.45, 2.75) is 52.9 Å². The molecule has 2 rings (SSSR count). The molecule has 3 heteroatoms. The normalized spacial score (nSPS) is 10.8. The lowest BCUT2D eigenvalue weighted by Crippen LogP contribution is -2.15. The molecule has 0 bridgehead atoms.